The maximum atomic E-state index is 11.4. The molecule has 6 heteroatoms. The minimum atomic E-state index is -0.865. The van der Waals surface area contributed by atoms with Crippen molar-refractivity contribution in [3.63, 3.8) is 0 Å². The molecule has 0 aliphatic rings. The number of esters is 2. The van der Waals surface area contributed by atoms with Crippen LogP contribution in [-0.4, -0.2) is 36.2 Å². The summed E-state index contributed by atoms with van der Waals surface area (Å²) in [7, 11) is 0. The van der Waals surface area contributed by atoms with E-state index >= 15 is 0 Å². The number of carbonyl (C=O) groups excluding carboxylic acids is 2. The second kappa shape index (κ2) is 15.3. The van der Waals surface area contributed by atoms with Gasteiger partial charge in [0.25, 0.3) is 0 Å². The normalized spacial score (nSPS) is 10.3. The fraction of sp³-hybridized carbons (Fsp3) is 0.824. The van der Waals surface area contributed by atoms with Gasteiger partial charge in [-0.15, -0.1) is 0 Å². The zero-order chi connectivity index (χ0) is 17.3. The predicted octanol–water partition coefficient (Wildman–Crippen LogP) is 3.47. The van der Waals surface area contributed by atoms with Gasteiger partial charge in [0, 0.05) is 19.3 Å². The van der Waals surface area contributed by atoms with Crippen molar-refractivity contribution in [3.8, 4) is 0 Å². The first-order chi connectivity index (χ1) is 11.1. The number of carboxylic acids is 1. The summed E-state index contributed by atoms with van der Waals surface area (Å²) in [6.45, 7) is 2.30. The molecule has 0 rings (SSSR count). The molecule has 0 amide bonds. The van der Waals surface area contributed by atoms with Gasteiger partial charge in [-0.3, -0.25) is 14.4 Å². The Labute approximate surface area is 138 Å². The van der Waals surface area contributed by atoms with Crippen LogP contribution in [0.15, 0.2) is 0 Å². The van der Waals surface area contributed by atoms with Gasteiger partial charge in [0.15, 0.2) is 0 Å². The number of aliphatic carboxylic acids is 1. The molecule has 0 aliphatic carbocycles. The number of ether oxygens (including phenoxy) is 2. The highest BCUT2D eigenvalue weighted by molar-refractivity contribution is 5.70. The standard InChI is InChI=1S/C17H30O6/c1-2-3-4-5-6-7-11-16(20)22-13-14-23-17(21)12-9-8-10-15(18)19/h2-14H2,1H3,(H,18,19). The van der Waals surface area contributed by atoms with Crippen molar-refractivity contribution in [2.45, 2.75) is 77.6 Å². The van der Waals surface area contributed by atoms with Crippen molar-refractivity contribution < 1.29 is 29.0 Å². The molecule has 0 aromatic heterocycles. The van der Waals surface area contributed by atoms with Gasteiger partial charge < -0.3 is 14.6 Å². The van der Waals surface area contributed by atoms with Crippen LogP contribution in [0.3, 0.4) is 0 Å². The molecule has 0 spiro atoms. The summed E-state index contributed by atoms with van der Waals surface area (Å²) in [6, 6.07) is 0. The van der Waals surface area contributed by atoms with Crippen LogP contribution in [0.2, 0.25) is 0 Å². The maximum absolute atomic E-state index is 11.4. The SMILES string of the molecule is CCCCCCCCC(=O)OCCOC(=O)CCCCC(=O)O. The minimum Gasteiger partial charge on any atom is -0.481 e. The van der Waals surface area contributed by atoms with Gasteiger partial charge in [0.2, 0.25) is 0 Å². The Hall–Kier alpha value is -1.59. The van der Waals surface area contributed by atoms with Crippen LogP contribution in [0.1, 0.15) is 77.6 Å². The van der Waals surface area contributed by atoms with Crippen molar-refractivity contribution >= 4 is 17.9 Å². The van der Waals surface area contributed by atoms with E-state index in [9.17, 15) is 14.4 Å². The van der Waals surface area contributed by atoms with Crippen LogP contribution in [0, 0.1) is 0 Å². The maximum Gasteiger partial charge on any atom is 0.305 e. The first kappa shape index (κ1) is 21.4. The second-order valence-electron chi connectivity index (χ2n) is 5.56. The van der Waals surface area contributed by atoms with Crippen LogP contribution in [0.25, 0.3) is 0 Å². The summed E-state index contributed by atoms with van der Waals surface area (Å²) in [6.07, 6.45) is 8.31. The highest BCUT2D eigenvalue weighted by Gasteiger charge is 2.06. The third-order valence-electron chi connectivity index (χ3n) is 3.37. The van der Waals surface area contributed by atoms with E-state index in [0.29, 0.717) is 19.3 Å². The molecule has 0 radical (unpaired) electrons. The molecule has 0 aliphatic heterocycles. The average molecular weight is 330 g/mol. The Kier molecular flexibility index (Phi) is 14.3. The van der Waals surface area contributed by atoms with E-state index in [1.54, 1.807) is 0 Å². The summed E-state index contributed by atoms with van der Waals surface area (Å²) in [5, 5.41) is 8.45. The Morgan fingerprint density at radius 1 is 0.696 bits per heavy atom. The van der Waals surface area contributed by atoms with Crippen molar-refractivity contribution in [3.05, 3.63) is 0 Å². The number of hydrogen-bond acceptors (Lipinski definition) is 5. The van der Waals surface area contributed by atoms with E-state index in [2.05, 4.69) is 6.92 Å². The highest BCUT2D eigenvalue weighted by Crippen LogP contribution is 2.07. The van der Waals surface area contributed by atoms with Crippen molar-refractivity contribution in [2.75, 3.05) is 13.2 Å². The lowest BCUT2D eigenvalue weighted by molar-refractivity contribution is -0.152. The molecule has 0 saturated heterocycles. The third-order valence-corrected chi connectivity index (χ3v) is 3.37. The molecule has 0 saturated carbocycles. The van der Waals surface area contributed by atoms with Gasteiger partial charge in [-0.25, -0.2) is 0 Å². The first-order valence-electron chi connectivity index (χ1n) is 8.59. The summed E-state index contributed by atoms with van der Waals surface area (Å²) < 4.78 is 9.89. The zero-order valence-electron chi connectivity index (χ0n) is 14.2. The van der Waals surface area contributed by atoms with E-state index in [1.807, 2.05) is 0 Å². The van der Waals surface area contributed by atoms with Gasteiger partial charge in [0.1, 0.15) is 13.2 Å². The molecule has 23 heavy (non-hydrogen) atoms. The van der Waals surface area contributed by atoms with E-state index in [4.69, 9.17) is 14.6 Å². The molecule has 134 valence electrons. The fourth-order valence-electron chi connectivity index (χ4n) is 2.05. The molecular formula is C17H30O6. The van der Waals surface area contributed by atoms with Crippen LogP contribution < -0.4 is 0 Å². The van der Waals surface area contributed by atoms with E-state index in [0.717, 1.165) is 19.3 Å². The molecular weight excluding hydrogens is 300 g/mol. The Morgan fingerprint density at radius 3 is 1.65 bits per heavy atom. The lowest BCUT2D eigenvalue weighted by Gasteiger charge is -2.06. The molecule has 6 nitrogen and oxygen atoms in total. The predicted molar refractivity (Wildman–Crippen MR) is 86.0 cm³/mol. The topological polar surface area (TPSA) is 89.9 Å². The summed E-state index contributed by atoms with van der Waals surface area (Å²) in [5.41, 5.74) is 0. The van der Waals surface area contributed by atoms with Crippen LogP contribution >= 0.6 is 0 Å². The smallest absolute Gasteiger partial charge is 0.305 e. The Morgan fingerprint density at radius 2 is 1.13 bits per heavy atom. The summed E-state index contributed by atoms with van der Waals surface area (Å²) in [4.78, 5) is 33.0. The third kappa shape index (κ3) is 16.6. The van der Waals surface area contributed by atoms with Gasteiger partial charge in [-0.1, -0.05) is 39.0 Å². The number of hydrogen-bond donors (Lipinski definition) is 1. The lowest BCUT2D eigenvalue weighted by atomic mass is 10.1. The first-order valence-corrected chi connectivity index (χ1v) is 8.59. The van der Waals surface area contributed by atoms with Gasteiger partial charge in [-0.2, -0.15) is 0 Å². The number of unbranched alkanes of at least 4 members (excludes halogenated alkanes) is 6. The van der Waals surface area contributed by atoms with Gasteiger partial charge in [0.05, 0.1) is 0 Å². The quantitative estimate of drug-likeness (QED) is 0.365. The minimum absolute atomic E-state index is 0.0556. The molecule has 0 aromatic carbocycles. The number of rotatable bonds is 15. The molecule has 0 atom stereocenters. The summed E-state index contributed by atoms with van der Waals surface area (Å²) in [5.74, 6) is -1.50. The zero-order valence-corrected chi connectivity index (χ0v) is 14.2. The van der Waals surface area contributed by atoms with Gasteiger partial charge >= 0.3 is 17.9 Å². The van der Waals surface area contributed by atoms with E-state index < -0.39 is 5.97 Å². The van der Waals surface area contributed by atoms with Crippen molar-refractivity contribution in [2.24, 2.45) is 0 Å². The molecule has 0 fully saturated rings. The molecule has 1 N–H and O–H groups in total. The van der Waals surface area contributed by atoms with Crippen LogP contribution in [0.4, 0.5) is 0 Å². The monoisotopic (exact) mass is 330 g/mol. The summed E-state index contributed by atoms with van der Waals surface area (Å²) >= 11 is 0. The molecule has 0 bridgehead atoms. The van der Waals surface area contributed by atoms with Crippen LogP contribution in [0.5, 0.6) is 0 Å². The lowest BCUT2D eigenvalue weighted by Crippen LogP contribution is -2.13. The fourth-order valence-corrected chi connectivity index (χ4v) is 2.05. The van der Waals surface area contributed by atoms with Crippen molar-refractivity contribution in [1.29, 1.82) is 0 Å². The number of carbonyl (C=O) groups is 3. The Balaban J connectivity index is 3.36. The van der Waals surface area contributed by atoms with Gasteiger partial charge in [-0.05, 0) is 19.3 Å². The molecule has 0 unspecified atom stereocenters. The second-order valence-corrected chi connectivity index (χ2v) is 5.56. The largest absolute Gasteiger partial charge is 0.481 e. The van der Waals surface area contributed by atoms with E-state index in [1.165, 1.54) is 19.3 Å². The number of carboxylic acid groups (broad SMARTS) is 1. The van der Waals surface area contributed by atoms with Crippen molar-refractivity contribution in [1.82, 2.24) is 0 Å². The van der Waals surface area contributed by atoms with E-state index in [-0.39, 0.29) is 38.0 Å². The molecule has 0 heterocycles. The Bertz CT molecular complexity index is 340. The molecule has 0 aromatic rings. The van der Waals surface area contributed by atoms with Crippen LogP contribution in [-0.2, 0) is 23.9 Å². The highest BCUT2D eigenvalue weighted by atomic mass is 16.6. The average Bonchev–Trinajstić information content (AvgIpc) is 2.51.